The molecule has 1 amide bonds. The highest BCUT2D eigenvalue weighted by Gasteiger charge is 2.64. The summed E-state index contributed by atoms with van der Waals surface area (Å²) < 4.78 is 10.9. The molecule has 7 atom stereocenters. The molecule has 1 fully saturated rings. The third kappa shape index (κ3) is 5.29. The minimum atomic E-state index is -1.28. The normalized spacial score (nSPS) is 37.6. The first kappa shape index (κ1) is 26.9. The molecule has 0 aromatic heterocycles. The lowest BCUT2D eigenvalue weighted by Gasteiger charge is -2.44. The van der Waals surface area contributed by atoms with Crippen molar-refractivity contribution in [2.45, 2.75) is 86.0 Å². The van der Waals surface area contributed by atoms with E-state index in [1.54, 1.807) is 0 Å². The summed E-state index contributed by atoms with van der Waals surface area (Å²) in [5.74, 6) is -1.78. The Bertz CT molecular complexity index is 976. The van der Waals surface area contributed by atoms with Gasteiger partial charge in [0.2, 0.25) is 5.91 Å². The molecule has 0 radical (unpaired) electrons. The molecule has 192 valence electrons. The zero-order valence-corrected chi connectivity index (χ0v) is 21.9. The molecule has 0 unspecified atom stereocenters. The van der Waals surface area contributed by atoms with E-state index in [1.807, 2.05) is 13.0 Å². The van der Waals surface area contributed by atoms with Crippen LogP contribution in [0.5, 0.6) is 0 Å². The molecular formula is C28H39NO6. The number of carbonyl (C=O) groups is 4. The zero-order chi connectivity index (χ0) is 26.1. The van der Waals surface area contributed by atoms with Crippen molar-refractivity contribution in [1.29, 1.82) is 0 Å². The Hall–Kier alpha value is -2.70. The van der Waals surface area contributed by atoms with Gasteiger partial charge in [0.25, 0.3) is 0 Å². The topological polar surface area (TPSA) is 98.8 Å². The largest absolute Gasteiger partial charge is 0.458 e. The van der Waals surface area contributed by atoms with Crippen LogP contribution in [-0.2, 0) is 28.7 Å². The molecule has 1 spiro atoms. The van der Waals surface area contributed by atoms with Crippen LogP contribution >= 0.6 is 0 Å². The highest BCUT2D eigenvalue weighted by atomic mass is 16.6. The van der Waals surface area contributed by atoms with Crippen molar-refractivity contribution in [1.82, 2.24) is 5.32 Å². The molecule has 1 aliphatic heterocycles. The second kappa shape index (κ2) is 10.5. The average Bonchev–Trinajstić information content (AvgIpc) is 3.02. The van der Waals surface area contributed by atoms with Crippen molar-refractivity contribution >= 4 is 23.6 Å². The maximum atomic E-state index is 14.1. The number of hydrogen-bond donors (Lipinski definition) is 1. The Morgan fingerprint density at radius 3 is 2.37 bits per heavy atom. The molecule has 2 aliphatic carbocycles. The van der Waals surface area contributed by atoms with Crippen LogP contribution in [0, 0.1) is 29.1 Å². The number of hydrogen-bond acceptors (Lipinski definition) is 6. The molecule has 0 saturated carbocycles. The van der Waals surface area contributed by atoms with Gasteiger partial charge in [-0.3, -0.25) is 19.2 Å². The maximum absolute atomic E-state index is 14.1. The molecule has 0 aromatic carbocycles. The number of amides is 1. The monoisotopic (exact) mass is 485 g/mol. The summed E-state index contributed by atoms with van der Waals surface area (Å²) in [4.78, 5) is 51.5. The van der Waals surface area contributed by atoms with Gasteiger partial charge in [-0.1, -0.05) is 44.1 Å². The second-order valence-electron chi connectivity index (χ2n) is 10.8. The van der Waals surface area contributed by atoms with Gasteiger partial charge in [-0.05, 0) is 57.1 Å². The summed E-state index contributed by atoms with van der Waals surface area (Å²) in [7, 11) is 0. The van der Waals surface area contributed by atoms with E-state index >= 15 is 0 Å². The quantitative estimate of drug-likeness (QED) is 0.366. The highest BCUT2D eigenvalue weighted by molar-refractivity contribution is 6.13. The molecule has 3 rings (SSSR count). The molecule has 3 aliphatic rings. The van der Waals surface area contributed by atoms with Gasteiger partial charge in [-0.2, -0.15) is 0 Å². The van der Waals surface area contributed by atoms with Crippen LogP contribution < -0.4 is 5.32 Å². The molecule has 0 aromatic rings. The highest BCUT2D eigenvalue weighted by Crippen LogP contribution is 2.55. The van der Waals surface area contributed by atoms with Gasteiger partial charge in [0.15, 0.2) is 11.9 Å². The molecule has 7 nitrogen and oxygen atoms in total. The van der Waals surface area contributed by atoms with Crippen LogP contribution in [-0.4, -0.2) is 41.9 Å². The third-order valence-corrected chi connectivity index (χ3v) is 7.72. The Labute approximate surface area is 208 Å². The standard InChI is InChI=1S/C28H39NO6/c1-15(2)12-22-26-18(5)17(4)14-21-13-16(3)8-9-23(34-19(6)30)24(35-20(7)31)10-11-25(32)28(21,26)27(33)29-22/h10-11,13-15,18,21-24,26H,8-9,12H2,1-7H3,(H,29,33)/b11-10+,16-13+/t18-,21+,22+,23+,24+,26+,28-/m1/s1. The van der Waals surface area contributed by atoms with Gasteiger partial charge in [-0.15, -0.1) is 0 Å². The van der Waals surface area contributed by atoms with Crippen molar-refractivity contribution in [3.05, 3.63) is 35.5 Å². The second-order valence-corrected chi connectivity index (χ2v) is 10.8. The molecule has 1 saturated heterocycles. The van der Waals surface area contributed by atoms with Gasteiger partial charge in [0.05, 0.1) is 0 Å². The van der Waals surface area contributed by atoms with E-state index in [9.17, 15) is 19.2 Å². The maximum Gasteiger partial charge on any atom is 0.303 e. The SMILES string of the molecule is CC(=O)O[C@H]1/C=C/C(=O)[C@@]23C(=O)N[C@@H](CC(C)C)[C@@H]2[C@H](C)C(C)=C[C@@H]3/C=C(\C)CC[C@@H]1OC(C)=O. The number of ether oxygens (including phenoxy) is 2. The van der Waals surface area contributed by atoms with Gasteiger partial charge < -0.3 is 14.8 Å². The predicted octanol–water partition coefficient (Wildman–Crippen LogP) is 4.07. The summed E-state index contributed by atoms with van der Waals surface area (Å²) in [6.45, 7) is 13.0. The van der Waals surface area contributed by atoms with Crippen LogP contribution in [0.15, 0.2) is 35.5 Å². The van der Waals surface area contributed by atoms with Crippen LogP contribution in [0.1, 0.15) is 67.7 Å². The van der Waals surface area contributed by atoms with E-state index in [1.165, 1.54) is 31.6 Å². The number of allylic oxidation sites excluding steroid dienone is 5. The summed E-state index contributed by atoms with van der Waals surface area (Å²) in [6.07, 6.45) is 7.07. The smallest absolute Gasteiger partial charge is 0.303 e. The Morgan fingerprint density at radius 1 is 1.11 bits per heavy atom. The Kier molecular flexibility index (Phi) is 8.07. The van der Waals surface area contributed by atoms with Gasteiger partial charge in [0.1, 0.15) is 11.5 Å². The molecule has 0 bridgehead atoms. The fraction of sp³-hybridized carbons (Fsp3) is 0.643. The van der Waals surface area contributed by atoms with Crippen LogP contribution in [0.3, 0.4) is 0 Å². The summed E-state index contributed by atoms with van der Waals surface area (Å²) in [6, 6.07) is -0.113. The first-order chi connectivity index (χ1) is 16.4. The number of esters is 2. The van der Waals surface area contributed by atoms with Gasteiger partial charge in [-0.25, -0.2) is 0 Å². The lowest BCUT2D eigenvalue weighted by molar-refractivity contribution is -0.162. The molecule has 35 heavy (non-hydrogen) atoms. The lowest BCUT2D eigenvalue weighted by Crippen LogP contribution is -2.52. The average molecular weight is 486 g/mol. The Balaban J connectivity index is 2.18. The van der Waals surface area contributed by atoms with E-state index in [2.05, 4.69) is 39.1 Å². The fourth-order valence-electron chi connectivity index (χ4n) is 6.16. The van der Waals surface area contributed by atoms with E-state index < -0.39 is 35.5 Å². The minimum absolute atomic E-state index is 0.0446. The van der Waals surface area contributed by atoms with Gasteiger partial charge in [0, 0.05) is 31.7 Å². The van der Waals surface area contributed by atoms with Crippen molar-refractivity contribution in [3.8, 4) is 0 Å². The predicted molar refractivity (Wildman–Crippen MR) is 132 cm³/mol. The first-order valence-electron chi connectivity index (χ1n) is 12.6. The minimum Gasteiger partial charge on any atom is -0.458 e. The number of rotatable bonds is 4. The van der Waals surface area contributed by atoms with Crippen LogP contribution in [0.25, 0.3) is 0 Å². The summed E-state index contributed by atoms with van der Waals surface area (Å²) in [5.41, 5.74) is 0.880. The van der Waals surface area contributed by atoms with Crippen LogP contribution in [0.2, 0.25) is 0 Å². The summed E-state index contributed by atoms with van der Waals surface area (Å²) >= 11 is 0. The summed E-state index contributed by atoms with van der Waals surface area (Å²) in [5, 5.41) is 3.18. The fourth-order valence-corrected chi connectivity index (χ4v) is 6.16. The van der Waals surface area contributed by atoms with Crippen molar-refractivity contribution in [2.24, 2.45) is 29.1 Å². The van der Waals surface area contributed by atoms with E-state index in [4.69, 9.17) is 9.47 Å². The number of carbonyl (C=O) groups excluding carboxylic acids is 4. The molecule has 7 heteroatoms. The van der Waals surface area contributed by atoms with E-state index in [-0.39, 0.29) is 29.6 Å². The van der Waals surface area contributed by atoms with E-state index in [0.29, 0.717) is 18.8 Å². The lowest BCUT2D eigenvalue weighted by atomic mass is 9.55. The third-order valence-electron chi connectivity index (χ3n) is 7.72. The van der Waals surface area contributed by atoms with Crippen molar-refractivity contribution < 1.29 is 28.7 Å². The van der Waals surface area contributed by atoms with Crippen LogP contribution in [0.4, 0.5) is 0 Å². The first-order valence-corrected chi connectivity index (χ1v) is 12.6. The van der Waals surface area contributed by atoms with Crippen molar-refractivity contribution in [3.63, 3.8) is 0 Å². The molecular weight excluding hydrogens is 446 g/mol. The van der Waals surface area contributed by atoms with E-state index in [0.717, 1.165) is 12.0 Å². The molecule has 1 N–H and O–H groups in total. The molecule has 1 heterocycles. The van der Waals surface area contributed by atoms with Gasteiger partial charge >= 0.3 is 11.9 Å². The Morgan fingerprint density at radius 2 is 1.77 bits per heavy atom. The zero-order valence-electron chi connectivity index (χ0n) is 21.9. The van der Waals surface area contributed by atoms with Crippen molar-refractivity contribution in [2.75, 3.05) is 0 Å². The number of ketones is 1. The number of nitrogens with one attached hydrogen (secondary N) is 1.